The van der Waals surface area contributed by atoms with Crippen molar-refractivity contribution in [1.82, 2.24) is 10.2 Å². The van der Waals surface area contributed by atoms with Gasteiger partial charge in [0.05, 0.1) is 13.2 Å². The van der Waals surface area contributed by atoms with Crippen LogP contribution in [-0.2, 0) is 4.74 Å². The fourth-order valence-corrected chi connectivity index (χ4v) is 2.97. The Balaban J connectivity index is 1.55. The summed E-state index contributed by atoms with van der Waals surface area (Å²) in [6.45, 7) is 5.54. The molecule has 122 valence electrons. The Kier molecular flexibility index (Phi) is 5.43. The van der Waals surface area contributed by atoms with Gasteiger partial charge in [-0.1, -0.05) is 30.3 Å². The number of thiocarbonyl (C=S) groups is 1. The number of rotatable bonds is 4. The molecule has 0 aliphatic carbocycles. The Labute approximate surface area is 143 Å². The molecule has 0 amide bonds. The largest absolute Gasteiger partial charge is 0.379 e. The molecule has 1 fully saturated rings. The van der Waals surface area contributed by atoms with Gasteiger partial charge in [-0.15, -0.1) is 0 Å². The molecule has 0 saturated carbocycles. The zero-order valence-electron chi connectivity index (χ0n) is 13.5. The third kappa shape index (κ3) is 4.19. The van der Waals surface area contributed by atoms with Gasteiger partial charge in [0.2, 0.25) is 0 Å². The van der Waals surface area contributed by atoms with Crippen molar-refractivity contribution in [1.29, 1.82) is 0 Å². The van der Waals surface area contributed by atoms with Crippen molar-refractivity contribution < 1.29 is 4.74 Å². The van der Waals surface area contributed by atoms with Gasteiger partial charge in [-0.25, -0.2) is 0 Å². The van der Waals surface area contributed by atoms with Crippen LogP contribution >= 0.6 is 12.2 Å². The Morgan fingerprint density at radius 3 is 2.70 bits per heavy atom. The molecule has 1 heterocycles. The fraction of sp³-hybridized carbons (Fsp3) is 0.389. The molecule has 0 unspecified atom stereocenters. The molecule has 0 aromatic heterocycles. The average molecular weight is 329 g/mol. The van der Waals surface area contributed by atoms with E-state index in [9.17, 15) is 0 Å². The predicted molar refractivity (Wildman–Crippen MR) is 100 cm³/mol. The number of nitrogens with zero attached hydrogens (tertiary/aromatic N) is 2. The zero-order valence-corrected chi connectivity index (χ0v) is 14.3. The topological polar surface area (TPSA) is 27.7 Å². The molecule has 1 N–H and O–H groups in total. The normalized spacial score (nSPS) is 15.5. The van der Waals surface area contributed by atoms with Crippen molar-refractivity contribution in [3.05, 3.63) is 42.5 Å². The van der Waals surface area contributed by atoms with E-state index in [-0.39, 0.29) is 0 Å². The van der Waals surface area contributed by atoms with Gasteiger partial charge in [-0.3, -0.25) is 4.90 Å². The minimum atomic E-state index is 0.758. The Morgan fingerprint density at radius 1 is 1.17 bits per heavy atom. The molecule has 0 atom stereocenters. The van der Waals surface area contributed by atoms with Crippen molar-refractivity contribution in [2.75, 3.05) is 51.3 Å². The lowest BCUT2D eigenvalue weighted by molar-refractivity contribution is 0.0389. The standard InChI is InChI=1S/C18H23N3OS/c1-20(17-7-6-15-4-2-3-5-16(15)14-17)18(23)19-8-9-21-10-12-22-13-11-21/h2-7,14H,8-13H2,1H3,(H,19,23). The van der Waals surface area contributed by atoms with Crippen molar-refractivity contribution in [3.63, 3.8) is 0 Å². The molecule has 1 aliphatic rings. The quantitative estimate of drug-likeness (QED) is 0.870. The first-order valence-electron chi connectivity index (χ1n) is 8.04. The van der Waals surface area contributed by atoms with Crippen molar-refractivity contribution in [2.24, 2.45) is 0 Å². The monoisotopic (exact) mass is 329 g/mol. The van der Waals surface area contributed by atoms with E-state index in [0.29, 0.717) is 0 Å². The van der Waals surface area contributed by atoms with Crippen molar-refractivity contribution in [3.8, 4) is 0 Å². The molecular formula is C18H23N3OS. The lowest BCUT2D eigenvalue weighted by Gasteiger charge is -2.27. The average Bonchev–Trinajstić information content (AvgIpc) is 2.61. The maximum absolute atomic E-state index is 5.52. The van der Waals surface area contributed by atoms with E-state index in [1.165, 1.54) is 10.8 Å². The summed E-state index contributed by atoms with van der Waals surface area (Å²) in [5.41, 5.74) is 1.10. The van der Waals surface area contributed by atoms with Crippen LogP contribution in [0.3, 0.4) is 0 Å². The number of anilines is 1. The van der Waals surface area contributed by atoms with E-state index in [4.69, 9.17) is 17.0 Å². The molecule has 0 radical (unpaired) electrons. The lowest BCUT2D eigenvalue weighted by atomic mass is 10.1. The summed E-state index contributed by atoms with van der Waals surface area (Å²) in [6.07, 6.45) is 0. The summed E-state index contributed by atoms with van der Waals surface area (Å²) in [6, 6.07) is 14.8. The second-order valence-corrected chi connectivity index (χ2v) is 6.16. The van der Waals surface area contributed by atoms with Crippen LogP contribution in [0.25, 0.3) is 10.8 Å². The number of benzene rings is 2. The minimum Gasteiger partial charge on any atom is -0.379 e. The van der Waals surface area contributed by atoms with Gasteiger partial charge in [0.1, 0.15) is 0 Å². The summed E-state index contributed by atoms with van der Waals surface area (Å²) in [4.78, 5) is 4.43. The Bertz CT molecular complexity index is 670. The molecule has 3 rings (SSSR count). The Morgan fingerprint density at radius 2 is 1.91 bits per heavy atom. The van der Waals surface area contributed by atoms with Crippen LogP contribution in [0.5, 0.6) is 0 Å². The highest BCUT2D eigenvalue weighted by molar-refractivity contribution is 7.80. The SMILES string of the molecule is CN(C(=S)NCCN1CCOCC1)c1ccc2ccccc2c1. The number of hydrogen-bond acceptors (Lipinski definition) is 3. The molecule has 2 aromatic rings. The van der Waals surface area contributed by atoms with E-state index >= 15 is 0 Å². The maximum Gasteiger partial charge on any atom is 0.173 e. The van der Waals surface area contributed by atoms with Crippen LogP contribution in [0.2, 0.25) is 0 Å². The van der Waals surface area contributed by atoms with Gasteiger partial charge in [0.15, 0.2) is 5.11 Å². The smallest absolute Gasteiger partial charge is 0.173 e. The maximum atomic E-state index is 5.52. The molecule has 5 heteroatoms. The number of ether oxygens (including phenoxy) is 1. The first kappa shape index (κ1) is 16.2. The third-order valence-electron chi connectivity index (χ3n) is 4.23. The van der Waals surface area contributed by atoms with E-state index in [1.807, 2.05) is 11.9 Å². The van der Waals surface area contributed by atoms with Gasteiger partial charge in [0, 0.05) is 38.9 Å². The van der Waals surface area contributed by atoms with E-state index < -0.39 is 0 Å². The highest BCUT2D eigenvalue weighted by Crippen LogP contribution is 2.21. The Hall–Kier alpha value is -1.69. The summed E-state index contributed by atoms with van der Waals surface area (Å²) in [7, 11) is 2.01. The molecule has 1 saturated heterocycles. The van der Waals surface area contributed by atoms with Gasteiger partial charge in [-0.2, -0.15) is 0 Å². The van der Waals surface area contributed by atoms with Gasteiger partial charge < -0.3 is 15.0 Å². The fourth-order valence-electron chi connectivity index (χ4n) is 2.77. The molecule has 0 spiro atoms. The summed E-state index contributed by atoms with van der Waals surface area (Å²) >= 11 is 5.52. The molecular weight excluding hydrogens is 306 g/mol. The first-order chi connectivity index (χ1) is 11.2. The second-order valence-electron chi connectivity index (χ2n) is 5.78. The van der Waals surface area contributed by atoms with Crippen LogP contribution in [0, 0.1) is 0 Å². The van der Waals surface area contributed by atoms with E-state index in [2.05, 4.69) is 52.7 Å². The number of hydrogen-bond donors (Lipinski definition) is 1. The summed E-state index contributed by atoms with van der Waals surface area (Å²) < 4.78 is 5.36. The second kappa shape index (κ2) is 7.73. The van der Waals surface area contributed by atoms with Crippen LogP contribution in [-0.4, -0.2) is 56.5 Å². The van der Waals surface area contributed by atoms with Crippen LogP contribution in [0.1, 0.15) is 0 Å². The molecule has 0 bridgehead atoms. The van der Waals surface area contributed by atoms with Gasteiger partial charge in [0.25, 0.3) is 0 Å². The first-order valence-corrected chi connectivity index (χ1v) is 8.45. The molecule has 4 nitrogen and oxygen atoms in total. The molecule has 2 aromatic carbocycles. The zero-order chi connectivity index (χ0) is 16.1. The third-order valence-corrected chi connectivity index (χ3v) is 4.65. The van der Waals surface area contributed by atoms with E-state index in [1.54, 1.807) is 0 Å². The predicted octanol–water partition coefficient (Wildman–Crippen LogP) is 2.48. The number of fused-ring (bicyclic) bond motifs is 1. The highest BCUT2D eigenvalue weighted by Gasteiger charge is 2.11. The van der Waals surface area contributed by atoms with Gasteiger partial charge in [-0.05, 0) is 35.1 Å². The lowest BCUT2D eigenvalue weighted by Crippen LogP contribution is -2.44. The van der Waals surface area contributed by atoms with Crippen LogP contribution < -0.4 is 10.2 Å². The summed E-state index contributed by atoms with van der Waals surface area (Å²) in [5.74, 6) is 0. The number of nitrogens with one attached hydrogen (secondary N) is 1. The minimum absolute atomic E-state index is 0.758. The van der Waals surface area contributed by atoms with E-state index in [0.717, 1.165) is 50.2 Å². The van der Waals surface area contributed by atoms with Gasteiger partial charge >= 0.3 is 0 Å². The highest BCUT2D eigenvalue weighted by atomic mass is 32.1. The van der Waals surface area contributed by atoms with Crippen molar-refractivity contribution >= 4 is 33.8 Å². The van der Waals surface area contributed by atoms with Crippen LogP contribution in [0.15, 0.2) is 42.5 Å². The molecule has 1 aliphatic heterocycles. The number of morpholine rings is 1. The van der Waals surface area contributed by atoms with Crippen LogP contribution in [0.4, 0.5) is 5.69 Å². The van der Waals surface area contributed by atoms with Crippen molar-refractivity contribution in [2.45, 2.75) is 0 Å². The molecule has 23 heavy (non-hydrogen) atoms. The summed E-state index contributed by atoms with van der Waals surface area (Å²) in [5, 5.41) is 6.58.